The molecule has 1 unspecified atom stereocenters. The third-order valence-corrected chi connectivity index (χ3v) is 7.73. The van der Waals surface area contributed by atoms with Crippen molar-refractivity contribution in [2.45, 2.75) is 59.0 Å². The molecule has 0 saturated carbocycles. The van der Waals surface area contributed by atoms with E-state index < -0.39 is 18.0 Å². The molecule has 0 radical (unpaired) electrons. The normalized spacial score (nSPS) is 17.5. The van der Waals surface area contributed by atoms with E-state index in [2.05, 4.69) is 21.3 Å². The molecule has 2 rings (SSSR count). The van der Waals surface area contributed by atoms with Gasteiger partial charge in [-0.05, 0) is 49.1 Å². The summed E-state index contributed by atoms with van der Waals surface area (Å²) in [5.41, 5.74) is 1.70. The Bertz CT molecular complexity index is 1000. The van der Waals surface area contributed by atoms with Crippen molar-refractivity contribution in [1.29, 1.82) is 0 Å². The zero-order valence-electron chi connectivity index (χ0n) is 23.7. The third kappa shape index (κ3) is 9.96. The second-order valence-electron chi connectivity index (χ2n) is 10.1. The topological polar surface area (TPSA) is 137 Å². The van der Waals surface area contributed by atoms with Crippen molar-refractivity contribution in [2.24, 2.45) is 17.8 Å². The first-order chi connectivity index (χ1) is 18.6. The molecule has 1 saturated heterocycles. The van der Waals surface area contributed by atoms with Crippen LogP contribution in [0.3, 0.4) is 0 Å². The molecule has 1 aromatic carbocycles. The highest BCUT2D eigenvalue weighted by molar-refractivity contribution is 7.98. The number of nitrogens with one attached hydrogen (secondary N) is 4. The molecular weight excluding hydrogens is 518 g/mol. The molecule has 216 valence electrons. The molecule has 4 atom stereocenters. The lowest BCUT2D eigenvalue weighted by molar-refractivity contribution is -0.139. The Morgan fingerprint density at radius 3 is 2.41 bits per heavy atom. The van der Waals surface area contributed by atoms with Crippen LogP contribution < -0.4 is 21.3 Å². The second-order valence-corrected chi connectivity index (χ2v) is 11.1. The van der Waals surface area contributed by atoms with Crippen molar-refractivity contribution in [3.8, 4) is 0 Å². The summed E-state index contributed by atoms with van der Waals surface area (Å²) < 4.78 is 0. The van der Waals surface area contributed by atoms with Crippen molar-refractivity contribution >= 4 is 47.0 Å². The maximum absolute atomic E-state index is 13.4. The van der Waals surface area contributed by atoms with E-state index in [1.54, 1.807) is 30.8 Å². The van der Waals surface area contributed by atoms with Gasteiger partial charge in [-0.2, -0.15) is 11.8 Å². The number of benzene rings is 1. The van der Waals surface area contributed by atoms with Crippen LogP contribution in [0.4, 0.5) is 10.5 Å². The van der Waals surface area contributed by atoms with Crippen molar-refractivity contribution in [1.82, 2.24) is 20.9 Å². The highest BCUT2D eigenvalue weighted by Gasteiger charge is 2.35. The fourth-order valence-electron chi connectivity index (χ4n) is 4.49. The summed E-state index contributed by atoms with van der Waals surface area (Å²) in [5.74, 6) is -1.28. The molecule has 10 nitrogen and oxygen atoms in total. The van der Waals surface area contributed by atoms with Crippen LogP contribution in [0.25, 0.3) is 0 Å². The maximum atomic E-state index is 13.4. The van der Waals surface area contributed by atoms with Gasteiger partial charge in [0.05, 0.1) is 6.04 Å². The number of hydrogen-bond donors (Lipinski definition) is 4. The summed E-state index contributed by atoms with van der Waals surface area (Å²) in [5, 5.41) is 11.5. The molecule has 0 aliphatic carbocycles. The molecule has 0 spiro atoms. The van der Waals surface area contributed by atoms with Crippen LogP contribution in [-0.4, -0.2) is 72.6 Å². The van der Waals surface area contributed by atoms with Crippen molar-refractivity contribution in [3.05, 3.63) is 29.8 Å². The lowest BCUT2D eigenvalue weighted by Gasteiger charge is -2.25. The van der Waals surface area contributed by atoms with Gasteiger partial charge in [0.15, 0.2) is 5.78 Å². The Balaban J connectivity index is 1.99. The highest BCUT2D eigenvalue weighted by atomic mass is 32.2. The number of rotatable bonds is 16. The predicted molar refractivity (Wildman–Crippen MR) is 154 cm³/mol. The van der Waals surface area contributed by atoms with E-state index in [9.17, 15) is 24.0 Å². The Hall–Kier alpha value is -2.92. The molecule has 39 heavy (non-hydrogen) atoms. The predicted octanol–water partition coefficient (Wildman–Crippen LogP) is 2.78. The van der Waals surface area contributed by atoms with Crippen LogP contribution in [0.15, 0.2) is 24.3 Å². The van der Waals surface area contributed by atoms with Crippen molar-refractivity contribution < 1.29 is 24.0 Å². The van der Waals surface area contributed by atoms with Crippen molar-refractivity contribution in [2.75, 3.05) is 37.5 Å². The smallest absolute Gasteiger partial charge is 0.319 e. The number of carbonyl (C=O) groups is 5. The molecule has 1 aromatic rings. The van der Waals surface area contributed by atoms with Crippen LogP contribution in [0.2, 0.25) is 0 Å². The summed E-state index contributed by atoms with van der Waals surface area (Å²) >= 11 is 1.58. The van der Waals surface area contributed by atoms with E-state index in [0.717, 1.165) is 12.1 Å². The summed E-state index contributed by atoms with van der Waals surface area (Å²) in [6.45, 7) is 6.55. The van der Waals surface area contributed by atoms with Crippen LogP contribution in [0, 0.1) is 17.8 Å². The van der Waals surface area contributed by atoms with Gasteiger partial charge in [-0.1, -0.05) is 39.3 Å². The van der Waals surface area contributed by atoms with Gasteiger partial charge in [-0.25, -0.2) is 4.79 Å². The quantitative estimate of drug-likeness (QED) is 0.228. The number of hydrogen-bond acceptors (Lipinski definition) is 7. The number of imide groups is 1. The summed E-state index contributed by atoms with van der Waals surface area (Å²) in [7, 11) is 1.86. The zero-order valence-corrected chi connectivity index (χ0v) is 24.5. The van der Waals surface area contributed by atoms with Gasteiger partial charge >= 0.3 is 6.03 Å². The fraction of sp³-hybridized carbons (Fsp3) is 0.607. The number of nitrogens with zero attached hydrogens (tertiary/aromatic N) is 1. The minimum absolute atomic E-state index is 0.0164. The second kappa shape index (κ2) is 16.2. The first-order valence-electron chi connectivity index (χ1n) is 13.6. The largest absolute Gasteiger partial charge is 0.354 e. The molecule has 1 aliphatic heterocycles. The minimum Gasteiger partial charge on any atom is -0.354 e. The maximum Gasteiger partial charge on any atom is 0.319 e. The summed E-state index contributed by atoms with van der Waals surface area (Å²) in [6.07, 6.45) is 3.24. The SMILES string of the molecule is CC[C@H](C)[C@H](CC(=O)[C@H](CCSC)NC(=O)Nc1ccc(CNC)cc1)C(=O)NCCN1C(=O)CC(C)C1=O. The number of amides is 5. The zero-order chi connectivity index (χ0) is 28.9. The van der Waals surface area contributed by atoms with Crippen LogP contribution >= 0.6 is 11.8 Å². The standard InChI is InChI=1S/C28H43N5O5S/c1-6-18(2)22(26(36)30-12-13-33-25(35)15-19(3)27(33)37)16-24(34)23(11-14-39-5)32-28(38)31-21-9-7-20(8-10-21)17-29-4/h7-10,18-19,22-23,29H,6,11-17H2,1-5H3,(H,30,36)(H2,31,32,38)/t18-,19?,22-,23-/m0/s1. The number of likely N-dealkylation sites (tertiary alicyclic amines) is 1. The minimum atomic E-state index is -0.735. The Labute approximate surface area is 235 Å². The van der Waals surface area contributed by atoms with Crippen LogP contribution in [0.1, 0.15) is 52.0 Å². The molecule has 0 aromatic heterocycles. The van der Waals surface area contributed by atoms with Gasteiger partial charge in [0.2, 0.25) is 17.7 Å². The number of anilines is 1. The summed E-state index contributed by atoms with van der Waals surface area (Å²) in [4.78, 5) is 64.5. The molecule has 0 bridgehead atoms. The van der Waals surface area contributed by atoms with E-state index >= 15 is 0 Å². The lowest BCUT2D eigenvalue weighted by atomic mass is 9.85. The van der Waals surface area contributed by atoms with Gasteiger partial charge in [-0.3, -0.25) is 24.1 Å². The lowest BCUT2D eigenvalue weighted by Crippen LogP contribution is -2.46. The van der Waals surface area contributed by atoms with Gasteiger partial charge in [-0.15, -0.1) is 0 Å². The number of Topliss-reactive ketones (excluding diaryl/α,β-unsaturated/α-hetero) is 1. The van der Waals surface area contributed by atoms with E-state index in [0.29, 0.717) is 24.3 Å². The fourth-order valence-corrected chi connectivity index (χ4v) is 4.96. The third-order valence-electron chi connectivity index (χ3n) is 7.09. The molecular formula is C28H43N5O5S. The van der Waals surface area contributed by atoms with Gasteiger partial charge in [0.1, 0.15) is 0 Å². The number of thioether (sulfide) groups is 1. The molecule has 1 heterocycles. The van der Waals surface area contributed by atoms with Crippen LogP contribution in [-0.2, 0) is 25.7 Å². The molecule has 1 aliphatic rings. The first-order valence-corrected chi connectivity index (χ1v) is 14.9. The Morgan fingerprint density at radius 2 is 1.85 bits per heavy atom. The highest BCUT2D eigenvalue weighted by Crippen LogP contribution is 2.22. The molecule has 1 fully saturated rings. The van der Waals surface area contributed by atoms with Crippen LogP contribution in [0.5, 0.6) is 0 Å². The first kappa shape index (κ1) is 32.3. The van der Waals surface area contributed by atoms with Gasteiger partial charge < -0.3 is 21.3 Å². The van der Waals surface area contributed by atoms with E-state index in [1.165, 1.54) is 4.90 Å². The average molecular weight is 562 g/mol. The number of carbonyl (C=O) groups excluding carboxylic acids is 5. The van der Waals surface area contributed by atoms with Crippen molar-refractivity contribution in [3.63, 3.8) is 0 Å². The number of urea groups is 1. The Morgan fingerprint density at radius 1 is 1.15 bits per heavy atom. The van der Waals surface area contributed by atoms with Gasteiger partial charge in [0.25, 0.3) is 0 Å². The molecule has 11 heteroatoms. The molecule has 4 N–H and O–H groups in total. The summed E-state index contributed by atoms with van der Waals surface area (Å²) in [6, 6.07) is 6.22. The van der Waals surface area contributed by atoms with Gasteiger partial charge in [0, 0.05) is 50.0 Å². The number of ketones is 1. The van der Waals surface area contributed by atoms with E-state index in [1.807, 2.05) is 39.3 Å². The van der Waals surface area contributed by atoms with E-state index in [-0.39, 0.29) is 61.3 Å². The average Bonchev–Trinajstić information content (AvgIpc) is 3.15. The monoisotopic (exact) mass is 561 g/mol. The molecule has 5 amide bonds. The Kier molecular flexibility index (Phi) is 13.5. The van der Waals surface area contributed by atoms with E-state index in [4.69, 9.17) is 0 Å².